The van der Waals surface area contributed by atoms with Crippen molar-refractivity contribution in [3.63, 3.8) is 0 Å². The second-order valence-corrected chi connectivity index (χ2v) is 7.19. The monoisotopic (exact) mass is 446 g/mol. The van der Waals surface area contributed by atoms with Crippen LogP contribution in [0.4, 0.5) is 0 Å². The number of para-hydroxylation sites is 1. The van der Waals surface area contributed by atoms with Gasteiger partial charge in [0.15, 0.2) is 12.4 Å². The molecular formula is C21H22N2O7S. The van der Waals surface area contributed by atoms with Gasteiger partial charge in [-0.1, -0.05) is 18.2 Å². The summed E-state index contributed by atoms with van der Waals surface area (Å²) in [6, 6.07) is 9.82. The number of hydrogen-bond donors (Lipinski definition) is 2. The number of carbonyl (C=O) groups excluding carboxylic acids is 5. The summed E-state index contributed by atoms with van der Waals surface area (Å²) in [5.41, 5.74) is 0.171. The van der Waals surface area contributed by atoms with Crippen LogP contribution in [0.25, 0.3) is 0 Å². The summed E-state index contributed by atoms with van der Waals surface area (Å²) in [5.74, 6) is -2.35. The molecule has 0 aliphatic carbocycles. The maximum absolute atomic E-state index is 12.1. The van der Waals surface area contributed by atoms with E-state index in [-0.39, 0.29) is 43.1 Å². The van der Waals surface area contributed by atoms with Crippen LogP contribution in [0, 0.1) is 0 Å². The van der Waals surface area contributed by atoms with Crippen LogP contribution in [0.3, 0.4) is 0 Å². The molecule has 1 aromatic heterocycles. The smallest absolute Gasteiger partial charge is 0.308 e. The van der Waals surface area contributed by atoms with Crippen molar-refractivity contribution in [1.82, 2.24) is 10.6 Å². The molecule has 2 N–H and O–H groups in total. The molecule has 1 aromatic carbocycles. The molecule has 3 amide bonds. The fourth-order valence-electron chi connectivity index (χ4n) is 2.46. The van der Waals surface area contributed by atoms with Gasteiger partial charge in [-0.2, -0.15) is 0 Å². The predicted octanol–water partition coefficient (Wildman–Crippen LogP) is 1.73. The maximum Gasteiger partial charge on any atom is 0.308 e. The second-order valence-electron chi connectivity index (χ2n) is 6.24. The van der Waals surface area contributed by atoms with Crippen molar-refractivity contribution in [1.29, 1.82) is 0 Å². The largest absolute Gasteiger partial charge is 0.496 e. The van der Waals surface area contributed by atoms with Crippen molar-refractivity contribution in [3.8, 4) is 5.75 Å². The Labute approximate surface area is 182 Å². The maximum atomic E-state index is 12.1. The van der Waals surface area contributed by atoms with E-state index in [1.54, 1.807) is 35.7 Å². The topological polar surface area (TPSA) is 128 Å². The van der Waals surface area contributed by atoms with E-state index in [1.165, 1.54) is 24.5 Å². The first-order valence-electron chi connectivity index (χ1n) is 9.37. The Morgan fingerprint density at radius 2 is 1.71 bits per heavy atom. The average molecular weight is 446 g/mol. The highest BCUT2D eigenvalue weighted by molar-refractivity contribution is 7.12. The summed E-state index contributed by atoms with van der Waals surface area (Å²) in [6.07, 6.45) is -0.0607. The van der Waals surface area contributed by atoms with E-state index < -0.39 is 24.4 Å². The Morgan fingerprint density at radius 1 is 0.935 bits per heavy atom. The van der Waals surface area contributed by atoms with Crippen molar-refractivity contribution in [2.24, 2.45) is 0 Å². The van der Waals surface area contributed by atoms with Crippen LogP contribution < -0.4 is 15.4 Å². The number of esters is 1. The molecule has 0 fully saturated rings. The average Bonchev–Trinajstić information content (AvgIpc) is 3.31. The minimum Gasteiger partial charge on any atom is -0.496 e. The van der Waals surface area contributed by atoms with E-state index in [1.807, 2.05) is 0 Å². The highest BCUT2D eigenvalue weighted by atomic mass is 32.1. The van der Waals surface area contributed by atoms with Crippen LogP contribution in [0.2, 0.25) is 0 Å². The molecule has 10 heteroatoms. The SMILES string of the molecule is COc1ccccc1C(=O)NC(=O)COC(=O)CCNC(=O)CCC(=O)c1cccs1. The molecular weight excluding hydrogens is 424 g/mol. The first kappa shape index (κ1) is 23.7. The molecule has 31 heavy (non-hydrogen) atoms. The van der Waals surface area contributed by atoms with Crippen LogP contribution >= 0.6 is 11.3 Å². The van der Waals surface area contributed by atoms with E-state index in [0.29, 0.717) is 10.6 Å². The van der Waals surface area contributed by atoms with E-state index in [2.05, 4.69) is 10.6 Å². The number of methoxy groups -OCH3 is 1. The zero-order valence-electron chi connectivity index (χ0n) is 16.8. The van der Waals surface area contributed by atoms with E-state index >= 15 is 0 Å². The normalized spacial score (nSPS) is 10.1. The van der Waals surface area contributed by atoms with Gasteiger partial charge in [0.1, 0.15) is 5.75 Å². The molecule has 0 bridgehead atoms. The number of hydrogen-bond acceptors (Lipinski definition) is 8. The molecule has 0 aliphatic heterocycles. The fourth-order valence-corrected chi connectivity index (χ4v) is 3.15. The van der Waals surface area contributed by atoms with Gasteiger partial charge in [0.25, 0.3) is 11.8 Å². The van der Waals surface area contributed by atoms with Crippen LogP contribution in [0.5, 0.6) is 5.75 Å². The molecule has 2 rings (SSSR count). The number of nitrogens with one attached hydrogen (secondary N) is 2. The first-order chi connectivity index (χ1) is 14.9. The molecule has 0 radical (unpaired) electrons. The fraction of sp³-hybridized carbons (Fsp3) is 0.286. The van der Waals surface area contributed by atoms with Crippen molar-refractivity contribution in [2.45, 2.75) is 19.3 Å². The summed E-state index contributed by atoms with van der Waals surface area (Å²) in [4.78, 5) is 59.8. The minimum absolute atomic E-state index is 0.00657. The summed E-state index contributed by atoms with van der Waals surface area (Å²) >= 11 is 1.31. The van der Waals surface area contributed by atoms with Crippen molar-refractivity contribution >= 4 is 40.8 Å². The number of Topliss-reactive ketones (excluding diaryl/α,β-unsaturated/α-hetero) is 1. The second kappa shape index (κ2) is 12.2. The number of imide groups is 1. The van der Waals surface area contributed by atoms with Gasteiger partial charge in [-0.25, -0.2) is 0 Å². The number of ether oxygens (including phenoxy) is 2. The molecule has 2 aromatic rings. The molecule has 0 atom stereocenters. The zero-order valence-corrected chi connectivity index (χ0v) is 17.7. The molecule has 1 heterocycles. The Balaban J connectivity index is 1.61. The first-order valence-corrected chi connectivity index (χ1v) is 10.2. The number of ketones is 1. The van der Waals surface area contributed by atoms with Crippen LogP contribution in [-0.4, -0.2) is 49.7 Å². The Kier molecular flexibility index (Phi) is 9.37. The Bertz CT molecular complexity index is 941. The van der Waals surface area contributed by atoms with Gasteiger partial charge in [0.2, 0.25) is 5.91 Å². The molecule has 0 aliphatic rings. The third-order valence-electron chi connectivity index (χ3n) is 4.00. The third-order valence-corrected chi connectivity index (χ3v) is 4.91. The van der Waals surface area contributed by atoms with E-state index in [0.717, 1.165) is 0 Å². The lowest BCUT2D eigenvalue weighted by Crippen LogP contribution is -2.34. The minimum atomic E-state index is -0.791. The van der Waals surface area contributed by atoms with Gasteiger partial charge in [-0.15, -0.1) is 11.3 Å². The summed E-state index contributed by atoms with van der Waals surface area (Å²) < 4.78 is 9.84. The number of thiophene rings is 1. The van der Waals surface area contributed by atoms with Gasteiger partial charge in [0.05, 0.1) is 24.0 Å². The Morgan fingerprint density at radius 3 is 2.42 bits per heavy atom. The van der Waals surface area contributed by atoms with Gasteiger partial charge >= 0.3 is 5.97 Å². The predicted molar refractivity (Wildman–Crippen MR) is 112 cm³/mol. The zero-order chi connectivity index (χ0) is 22.6. The summed E-state index contributed by atoms with van der Waals surface area (Å²) in [5, 5.41) is 6.40. The van der Waals surface area contributed by atoms with E-state index in [4.69, 9.17) is 9.47 Å². The van der Waals surface area contributed by atoms with Gasteiger partial charge in [0, 0.05) is 19.4 Å². The van der Waals surface area contributed by atoms with Crippen LogP contribution in [0.15, 0.2) is 41.8 Å². The number of amides is 3. The van der Waals surface area contributed by atoms with Crippen molar-refractivity contribution in [3.05, 3.63) is 52.2 Å². The number of carbonyl (C=O) groups is 5. The molecule has 0 unspecified atom stereocenters. The number of benzene rings is 1. The van der Waals surface area contributed by atoms with Gasteiger partial charge in [-0.3, -0.25) is 29.3 Å². The Hall–Kier alpha value is -3.53. The number of rotatable bonds is 11. The lowest BCUT2D eigenvalue weighted by atomic mass is 10.2. The molecule has 0 spiro atoms. The molecule has 164 valence electrons. The quantitative estimate of drug-likeness (QED) is 0.397. The summed E-state index contributed by atoms with van der Waals surface area (Å²) in [7, 11) is 1.40. The van der Waals surface area contributed by atoms with Crippen molar-refractivity contribution < 1.29 is 33.4 Å². The molecule has 0 saturated carbocycles. The highest BCUT2D eigenvalue weighted by Crippen LogP contribution is 2.16. The van der Waals surface area contributed by atoms with Gasteiger partial charge < -0.3 is 14.8 Å². The lowest BCUT2D eigenvalue weighted by molar-refractivity contribution is -0.148. The highest BCUT2D eigenvalue weighted by Gasteiger charge is 2.16. The van der Waals surface area contributed by atoms with Crippen molar-refractivity contribution in [2.75, 3.05) is 20.3 Å². The van der Waals surface area contributed by atoms with Gasteiger partial charge in [-0.05, 0) is 23.6 Å². The van der Waals surface area contributed by atoms with Crippen LogP contribution in [0.1, 0.15) is 39.3 Å². The lowest BCUT2D eigenvalue weighted by Gasteiger charge is -2.09. The summed E-state index contributed by atoms with van der Waals surface area (Å²) in [6.45, 7) is -0.629. The standard InChI is InChI=1S/C21H22N2O7S/c1-29-16-6-3-2-5-14(16)21(28)23-19(26)13-30-20(27)10-11-22-18(25)9-8-15(24)17-7-4-12-31-17/h2-7,12H,8-11,13H2,1H3,(H,22,25)(H,23,26,28). The van der Waals surface area contributed by atoms with Crippen LogP contribution in [-0.2, 0) is 19.1 Å². The third kappa shape index (κ3) is 8.01. The molecule has 9 nitrogen and oxygen atoms in total. The molecule has 0 saturated heterocycles. The van der Waals surface area contributed by atoms with E-state index in [9.17, 15) is 24.0 Å².